The van der Waals surface area contributed by atoms with E-state index in [-0.39, 0.29) is 6.61 Å². The second-order valence-corrected chi connectivity index (χ2v) is 9.60. The Hall–Kier alpha value is -2.58. The zero-order chi connectivity index (χ0) is 22.2. The smallest absolute Gasteiger partial charge is 0.407 e. The fraction of sp³-hybridized carbons (Fsp3) is 0.409. The van der Waals surface area contributed by atoms with E-state index in [1.54, 1.807) is 20.8 Å². The van der Waals surface area contributed by atoms with Crippen LogP contribution in [-0.2, 0) is 32.1 Å². The Labute approximate surface area is 178 Å². The average Bonchev–Trinajstić information content (AvgIpc) is 2.64. The zero-order valence-corrected chi connectivity index (χ0v) is 18.6. The van der Waals surface area contributed by atoms with E-state index in [2.05, 4.69) is 5.32 Å². The molecule has 0 bridgehead atoms. The van der Waals surface area contributed by atoms with Crippen molar-refractivity contribution in [3.63, 3.8) is 0 Å². The molecular formula is C22H29NO6S. The van der Waals surface area contributed by atoms with Crippen molar-refractivity contribution in [2.75, 3.05) is 12.9 Å². The van der Waals surface area contributed by atoms with E-state index >= 15 is 0 Å². The van der Waals surface area contributed by atoms with Gasteiger partial charge in [-0.15, -0.1) is 0 Å². The van der Waals surface area contributed by atoms with Crippen LogP contribution in [0.2, 0.25) is 0 Å². The number of amides is 1. The lowest BCUT2D eigenvalue weighted by Gasteiger charge is -2.23. The first kappa shape index (κ1) is 23.7. The van der Waals surface area contributed by atoms with Gasteiger partial charge in [-0.3, -0.25) is 4.18 Å². The van der Waals surface area contributed by atoms with Gasteiger partial charge in [-0.25, -0.2) is 4.79 Å². The molecule has 164 valence electrons. The van der Waals surface area contributed by atoms with E-state index in [1.165, 1.54) is 0 Å². The maximum absolute atomic E-state index is 12.1. The number of alkyl carbamates (subject to hydrolysis) is 1. The Kier molecular flexibility index (Phi) is 8.25. The van der Waals surface area contributed by atoms with Crippen molar-refractivity contribution >= 4 is 16.2 Å². The monoisotopic (exact) mass is 435 g/mol. The quantitative estimate of drug-likeness (QED) is 0.604. The van der Waals surface area contributed by atoms with Gasteiger partial charge in [0.2, 0.25) is 0 Å². The van der Waals surface area contributed by atoms with Crippen molar-refractivity contribution in [3.05, 3.63) is 65.7 Å². The first-order chi connectivity index (χ1) is 14.0. The van der Waals surface area contributed by atoms with Crippen LogP contribution in [0.1, 0.15) is 31.9 Å². The van der Waals surface area contributed by atoms with Crippen LogP contribution in [0.25, 0.3) is 0 Å². The molecular weight excluding hydrogens is 406 g/mol. The normalized spacial score (nSPS) is 12.8. The molecule has 1 unspecified atom stereocenters. The lowest BCUT2D eigenvalue weighted by molar-refractivity contribution is 0.0488. The number of nitrogens with one attached hydrogen (secondary N) is 1. The molecule has 0 saturated heterocycles. The third kappa shape index (κ3) is 9.76. The third-order valence-electron chi connectivity index (χ3n) is 3.86. The topological polar surface area (TPSA) is 90.9 Å². The van der Waals surface area contributed by atoms with Crippen molar-refractivity contribution in [1.82, 2.24) is 5.32 Å². The molecule has 2 aromatic carbocycles. The summed E-state index contributed by atoms with van der Waals surface area (Å²) in [5.74, 6) is 0.714. The van der Waals surface area contributed by atoms with E-state index in [4.69, 9.17) is 13.7 Å². The summed E-state index contributed by atoms with van der Waals surface area (Å²) in [5, 5.41) is 2.67. The van der Waals surface area contributed by atoms with Gasteiger partial charge in [-0.1, -0.05) is 42.5 Å². The molecule has 0 aliphatic heterocycles. The Morgan fingerprint density at radius 2 is 1.63 bits per heavy atom. The molecule has 0 saturated carbocycles. The van der Waals surface area contributed by atoms with Crippen molar-refractivity contribution in [2.24, 2.45) is 0 Å². The van der Waals surface area contributed by atoms with E-state index in [1.807, 2.05) is 54.6 Å². The first-order valence-corrected chi connectivity index (χ1v) is 11.4. The fourth-order valence-corrected chi connectivity index (χ4v) is 2.99. The fourth-order valence-electron chi connectivity index (χ4n) is 2.58. The minimum Gasteiger partial charge on any atom is -0.489 e. The van der Waals surface area contributed by atoms with Crippen LogP contribution < -0.4 is 10.1 Å². The van der Waals surface area contributed by atoms with Gasteiger partial charge < -0.3 is 14.8 Å². The Balaban J connectivity index is 1.98. The summed E-state index contributed by atoms with van der Waals surface area (Å²) in [4.78, 5) is 12.1. The number of rotatable bonds is 9. The highest BCUT2D eigenvalue weighted by atomic mass is 32.2. The standard InChI is InChI=1S/C22H29NO6S/c1-22(2,3)29-21(24)23-19(16-28-30(4,25)26)14-17-10-12-20(13-11-17)27-15-18-8-6-5-7-9-18/h5-13,19H,14-16H2,1-4H3,(H,23,24). The summed E-state index contributed by atoms with van der Waals surface area (Å²) in [6.45, 7) is 5.53. The van der Waals surface area contributed by atoms with Crippen molar-refractivity contribution in [2.45, 2.75) is 45.4 Å². The zero-order valence-electron chi connectivity index (χ0n) is 17.8. The summed E-state index contributed by atoms with van der Waals surface area (Å²) in [6, 6.07) is 16.7. The summed E-state index contributed by atoms with van der Waals surface area (Å²) in [7, 11) is -3.63. The van der Waals surface area contributed by atoms with Gasteiger partial charge >= 0.3 is 6.09 Å². The number of ether oxygens (including phenoxy) is 2. The molecule has 1 atom stereocenters. The SMILES string of the molecule is CC(C)(C)OC(=O)NC(COS(C)(=O)=O)Cc1ccc(OCc2ccccc2)cc1. The Bertz CT molecular complexity index is 905. The second-order valence-electron chi connectivity index (χ2n) is 7.95. The maximum Gasteiger partial charge on any atom is 0.407 e. The van der Waals surface area contributed by atoms with Crippen LogP contribution in [0, 0.1) is 0 Å². The predicted molar refractivity (Wildman–Crippen MR) is 115 cm³/mol. The maximum atomic E-state index is 12.1. The minimum absolute atomic E-state index is 0.190. The average molecular weight is 436 g/mol. The predicted octanol–water partition coefficient (Wildman–Crippen LogP) is 3.68. The van der Waals surface area contributed by atoms with Crippen LogP contribution in [0.15, 0.2) is 54.6 Å². The largest absolute Gasteiger partial charge is 0.489 e. The van der Waals surface area contributed by atoms with E-state index < -0.39 is 27.9 Å². The molecule has 0 heterocycles. The molecule has 0 aromatic heterocycles. The van der Waals surface area contributed by atoms with E-state index in [0.29, 0.717) is 18.8 Å². The molecule has 1 amide bonds. The van der Waals surface area contributed by atoms with Gasteiger partial charge in [0.15, 0.2) is 0 Å². The Morgan fingerprint density at radius 3 is 2.20 bits per heavy atom. The summed E-state index contributed by atoms with van der Waals surface area (Å²) >= 11 is 0. The Morgan fingerprint density at radius 1 is 1.00 bits per heavy atom. The van der Waals surface area contributed by atoms with Gasteiger partial charge in [0, 0.05) is 0 Å². The van der Waals surface area contributed by atoms with Crippen molar-refractivity contribution in [1.29, 1.82) is 0 Å². The molecule has 0 aliphatic carbocycles. The van der Waals surface area contributed by atoms with Crippen LogP contribution in [0.5, 0.6) is 5.75 Å². The van der Waals surface area contributed by atoms with Crippen LogP contribution in [0.4, 0.5) is 4.79 Å². The number of carbonyl (C=O) groups is 1. The van der Waals surface area contributed by atoms with Gasteiger partial charge in [0.1, 0.15) is 18.0 Å². The number of benzene rings is 2. The lowest BCUT2D eigenvalue weighted by Crippen LogP contribution is -2.43. The van der Waals surface area contributed by atoms with Gasteiger partial charge in [0.25, 0.3) is 10.1 Å². The molecule has 2 rings (SSSR count). The number of hydrogen-bond acceptors (Lipinski definition) is 6. The number of carbonyl (C=O) groups excluding carboxylic acids is 1. The summed E-state index contributed by atoms with van der Waals surface area (Å²) in [5.41, 5.74) is 1.30. The van der Waals surface area contributed by atoms with Crippen LogP contribution in [-0.4, -0.2) is 39.0 Å². The van der Waals surface area contributed by atoms with Gasteiger partial charge in [-0.05, 0) is 50.5 Å². The molecule has 8 heteroatoms. The lowest BCUT2D eigenvalue weighted by atomic mass is 10.1. The van der Waals surface area contributed by atoms with Crippen molar-refractivity contribution < 1.29 is 26.9 Å². The molecule has 0 aliphatic rings. The molecule has 0 radical (unpaired) electrons. The highest BCUT2D eigenvalue weighted by molar-refractivity contribution is 7.85. The summed E-state index contributed by atoms with van der Waals surface area (Å²) < 4.78 is 38.6. The molecule has 0 spiro atoms. The van der Waals surface area contributed by atoms with Crippen LogP contribution >= 0.6 is 0 Å². The highest BCUT2D eigenvalue weighted by Crippen LogP contribution is 2.16. The molecule has 2 aromatic rings. The van der Waals surface area contributed by atoms with Gasteiger partial charge in [-0.2, -0.15) is 8.42 Å². The van der Waals surface area contributed by atoms with E-state index in [9.17, 15) is 13.2 Å². The second kappa shape index (κ2) is 10.4. The first-order valence-electron chi connectivity index (χ1n) is 9.60. The molecule has 7 nitrogen and oxygen atoms in total. The van der Waals surface area contributed by atoms with Crippen molar-refractivity contribution in [3.8, 4) is 5.75 Å². The highest BCUT2D eigenvalue weighted by Gasteiger charge is 2.21. The third-order valence-corrected chi connectivity index (χ3v) is 4.42. The van der Waals surface area contributed by atoms with E-state index in [0.717, 1.165) is 17.4 Å². The molecule has 30 heavy (non-hydrogen) atoms. The van der Waals surface area contributed by atoms with Crippen LogP contribution in [0.3, 0.4) is 0 Å². The molecule has 1 N–H and O–H groups in total. The number of hydrogen-bond donors (Lipinski definition) is 1. The minimum atomic E-state index is -3.63. The van der Waals surface area contributed by atoms with Gasteiger partial charge in [0.05, 0.1) is 18.9 Å². The summed E-state index contributed by atoms with van der Waals surface area (Å²) in [6.07, 6.45) is 0.705. The molecule has 0 fully saturated rings.